The van der Waals surface area contributed by atoms with E-state index in [1.54, 1.807) is 0 Å². The molecule has 0 unspecified atom stereocenters. The van der Waals surface area contributed by atoms with Crippen LogP contribution < -0.4 is 0 Å². The molecule has 0 radical (unpaired) electrons. The predicted octanol–water partition coefficient (Wildman–Crippen LogP) is 4.06. The summed E-state index contributed by atoms with van der Waals surface area (Å²) in [6.45, 7) is 0. The number of benzene rings is 1. The first kappa shape index (κ1) is 17.2. The van der Waals surface area contributed by atoms with Gasteiger partial charge in [0.1, 0.15) is 6.33 Å². The monoisotopic (exact) mass is 334 g/mol. The molecular weight excluding hydrogens is 312 g/mol. The molecular formula is C21H22N2O2. The van der Waals surface area contributed by atoms with Gasteiger partial charge in [0.15, 0.2) is 5.69 Å². The molecule has 1 aliphatic carbocycles. The molecule has 4 nitrogen and oxygen atoms in total. The molecule has 0 aliphatic heterocycles. The minimum absolute atomic E-state index is 0.0710. The third kappa shape index (κ3) is 4.06. The van der Waals surface area contributed by atoms with E-state index in [2.05, 4.69) is 46.2 Å². The number of nitrogens with zero attached hydrogens (tertiary/aromatic N) is 2. The Kier molecular flexibility index (Phi) is 5.45. The summed E-state index contributed by atoms with van der Waals surface area (Å²) in [5, 5.41) is 9.21. The Morgan fingerprint density at radius 2 is 2.04 bits per heavy atom. The van der Waals surface area contributed by atoms with Gasteiger partial charge in [0, 0.05) is 0 Å². The Bertz CT molecular complexity index is 780. The normalized spacial score (nSPS) is 20.0. The standard InChI is InChI=1S/C21H22N2O2/c1-2-18-19(22-14-23-20(18)21(24)25)12-11-15-7-6-10-17(13-15)16-8-4-3-5-9-16/h1,3-5,8-9,14-15,17H,6-7,10-13H2,(H,24,25)/t15-,17-/m1/s1. The number of carbonyl (C=O) groups is 1. The van der Waals surface area contributed by atoms with Crippen molar-refractivity contribution in [3.63, 3.8) is 0 Å². The molecule has 25 heavy (non-hydrogen) atoms. The second kappa shape index (κ2) is 7.94. The summed E-state index contributed by atoms with van der Waals surface area (Å²) in [6.07, 6.45) is 13.3. The summed E-state index contributed by atoms with van der Waals surface area (Å²) in [7, 11) is 0. The van der Waals surface area contributed by atoms with Gasteiger partial charge in [0.25, 0.3) is 0 Å². The Morgan fingerprint density at radius 1 is 1.24 bits per heavy atom. The van der Waals surface area contributed by atoms with Gasteiger partial charge in [0.2, 0.25) is 0 Å². The van der Waals surface area contributed by atoms with Crippen molar-refractivity contribution in [3.05, 3.63) is 59.2 Å². The fraction of sp³-hybridized carbons (Fsp3) is 0.381. The van der Waals surface area contributed by atoms with Crippen LogP contribution in [-0.2, 0) is 6.42 Å². The second-order valence-electron chi connectivity index (χ2n) is 6.67. The lowest BCUT2D eigenvalue weighted by atomic mass is 9.76. The average molecular weight is 334 g/mol. The van der Waals surface area contributed by atoms with Crippen LogP contribution >= 0.6 is 0 Å². The van der Waals surface area contributed by atoms with Crippen molar-refractivity contribution in [2.45, 2.75) is 44.4 Å². The first-order valence-corrected chi connectivity index (χ1v) is 8.77. The topological polar surface area (TPSA) is 63.1 Å². The summed E-state index contributed by atoms with van der Waals surface area (Å²) >= 11 is 0. The lowest BCUT2D eigenvalue weighted by Crippen LogP contribution is -2.16. The van der Waals surface area contributed by atoms with Gasteiger partial charge in [-0.1, -0.05) is 49.1 Å². The molecule has 3 rings (SSSR count). The molecule has 2 aromatic rings. The highest BCUT2D eigenvalue weighted by Gasteiger charge is 2.24. The van der Waals surface area contributed by atoms with E-state index < -0.39 is 5.97 Å². The van der Waals surface area contributed by atoms with Crippen molar-refractivity contribution in [1.29, 1.82) is 0 Å². The Morgan fingerprint density at radius 3 is 2.76 bits per heavy atom. The van der Waals surface area contributed by atoms with Crippen molar-refractivity contribution >= 4 is 5.97 Å². The second-order valence-corrected chi connectivity index (χ2v) is 6.67. The predicted molar refractivity (Wildman–Crippen MR) is 96.4 cm³/mol. The molecule has 1 aromatic carbocycles. The van der Waals surface area contributed by atoms with Gasteiger partial charge < -0.3 is 5.11 Å². The summed E-state index contributed by atoms with van der Waals surface area (Å²) < 4.78 is 0. The minimum atomic E-state index is -1.10. The summed E-state index contributed by atoms with van der Waals surface area (Å²) in [6, 6.07) is 10.7. The first-order chi connectivity index (χ1) is 12.2. The first-order valence-electron chi connectivity index (χ1n) is 8.77. The molecule has 1 N–H and O–H groups in total. The zero-order chi connectivity index (χ0) is 17.6. The third-order valence-corrected chi connectivity index (χ3v) is 5.12. The van der Waals surface area contributed by atoms with Crippen LogP contribution in [0.2, 0.25) is 0 Å². The number of hydrogen-bond acceptors (Lipinski definition) is 3. The molecule has 1 aromatic heterocycles. The van der Waals surface area contributed by atoms with Gasteiger partial charge in [-0.15, -0.1) is 6.42 Å². The maximum absolute atomic E-state index is 11.3. The lowest BCUT2D eigenvalue weighted by Gasteiger charge is -2.29. The summed E-state index contributed by atoms with van der Waals surface area (Å²) in [5.41, 5.74) is 2.35. The van der Waals surface area contributed by atoms with E-state index in [1.165, 1.54) is 37.6 Å². The fourth-order valence-electron chi connectivity index (χ4n) is 3.85. The third-order valence-electron chi connectivity index (χ3n) is 5.12. The molecule has 0 spiro atoms. The molecule has 0 bridgehead atoms. The number of aryl methyl sites for hydroxylation is 1. The van der Waals surface area contributed by atoms with Crippen LogP contribution in [0.25, 0.3) is 0 Å². The molecule has 1 aliphatic rings. The number of carboxylic acid groups (broad SMARTS) is 1. The van der Waals surface area contributed by atoms with E-state index in [0.717, 1.165) is 6.42 Å². The van der Waals surface area contributed by atoms with Crippen LogP contribution in [0.15, 0.2) is 36.7 Å². The molecule has 0 amide bonds. The SMILES string of the molecule is C#Cc1c(CC[C@H]2CCC[C@@H](c3ccccc3)C2)ncnc1C(=O)O. The number of terminal acetylenes is 1. The van der Waals surface area contributed by atoms with E-state index in [4.69, 9.17) is 6.42 Å². The van der Waals surface area contributed by atoms with Gasteiger partial charge >= 0.3 is 5.97 Å². The van der Waals surface area contributed by atoms with E-state index in [0.29, 0.717) is 29.5 Å². The number of rotatable bonds is 5. The average Bonchev–Trinajstić information content (AvgIpc) is 2.66. The number of hydrogen-bond donors (Lipinski definition) is 1. The lowest BCUT2D eigenvalue weighted by molar-refractivity contribution is 0.0689. The summed E-state index contributed by atoms with van der Waals surface area (Å²) in [5.74, 6) is 2.60. The van der Waals surface area contributed by atoms with Crippen LogP contribution in [-0.4, -0.2) is 21.0 Å². The van der Waals surface area contributed by atoms with Gasteiger partial charge in [-0.25, -0.2) is 14.8 Å². The Hall–Kier alpha value is -2.67. The van der Waals surface area contributed by atoms with Crippen molar-refractivity contribution in [3.8, 4) is 12.3 Å². The zero-order valence-electron chi connectivity index (χ0n) is 14.2. The Labute approximate surface area is 148 Å². The molecule has 4 heteroatoms. The highest BCUT2D eigenvalue weighted by Crippen LogP contribution is 2.38. The van der Waals surface area contributed by atoms with Crippen LogP contribution in [0.4, 0.5) is 0 Å². The van der Waals surface area contributed by atoms with E-state index >= 15 is 0 Å². The van der Waals surface area contributed by atoms with Gasteiger partial charge in [-0.2, -0.15) is 0 Å². The minimum Gasteiger partial charge on any atom is -0.476 e. The quantitative estimate of drug-likeness (QED) is 0.838. The number of aromatic carboxylic acids is 1. The summed E-state index contributed by atoms with van der Waals surface area (Å²) in [4.78, 5) is 19.3. The van der Waals surface area contributed by atoms with Crippen LogP contribution in [0.5, 0.6) is 0 Å². The smallest absolute Gasteiger partial charge is 0.355 e. The molecule has 128 valence electrons. The van der Waals surface area contributed by atoms with Crippen LogP contribution in [0.1, 0.15) is 65.3 Å². The van der Waals surface area contributed by atoms with Crippen molar-refractivity contribution < 1.29 is 9.90 Å². The van der Waals surface area contributed by atoms with Crippen molar-refractivity contribution in [2.75, 3.05) is 0 Å². The maximum Gasteiger partial charge on any atom is 0.355 e. The molecule has 1 saturated carbocycles. The Balaban J connectivity index is 1.67. The van der Waals surface area contributed by atoms with Crippen molar-refractivity contribution in [2.24, 2.45) is 5.92 Å². The maximum atomic E-state index is 11.3. The van der Waals surface area contributed by atoms with E-state index in [1.807, 2.05) is 0 Å². The van der Waals surface area contributed by atoms with Crippen LogP contribution in [0, 0.1) is 18.3 Å². The highest BCUT2D eigenvalue weighted by molar-refractivity contribution is 5.88. The molecule has 0 saturated heterocycles. The fourth-order valence-corrected chi connectivity index (χ4v) is 3.85. The van der Waals surface area contributed by atoms with Crippen LogP contribution in [0.3, 0.4) is 0 Å². The number of aromatic nitrogens is 2. The molecule has 1 fully saturated rings. The van der Waals surface area contributed by atoms with E-state index in [9.17, 15) is 9.90 Å². The number of carboxylic acids is 1. The zero-order valence-corrected chi connectivity index (χ0v) is 14.2. The highest BCUT2D eigenvalue weighted by atomic mass is 16.4. The van der Waals surface area contributed by atoms with E-state index in [-0.39, 0.29) is 5.69 Å². The largest absolute Gasteiger partial charge is 0.476 e. The molecule has 1 heterocycles. The van der Waals surface area contributed by atoms with Gasteiger partial charge in [0.05, 0.1) is 11.3 Å². The van der Waals surface area contributed by atoms with Crippen molar-refractivity contribution in [1.82, 2.24) is 9.97 Å². The van der Waals surface area contributed by atoms with Gasteiger partial charge in [-0.3, -0.25) is 0 Å². The van der Waals surface area contributed by atoms with Gasteiger partial charge in [-0.05, 0) is 43.1 Å². The molecule has 2 atom stereocenters.